The van der Waals surface area contributed by atoms with E-state index in [0.717, 1.165) is 50.0 Å². The first-order valence-electron chi connectivity index (χ1n) is 9.32. The predicted molar refractivity (Wildman–Crippen MR) is 96.3 cm³/mol. The third-order valence-electron chi connectivity index (χ3n) is 5.28. The fraction of sp³-hybridized carbons (Fsp3) is 0.579. The topological polar surface area (TPSA) is 59.4 Å². The molecule has 2 aliphatic heterocycles. The van der Waals surface area contributed by atoms with Crippen LogP contribution in [0.25, 0.3) is 10.9 Å². The van der Waals surface area contributed by atoms with Gasteiger partial charge in [0.2, 0.25) is 5.91 Å². The molecule has 1 amide bonds. The van der Waals surface area contributed by atoms with Crippen LogP contribution in [0.1, 0.15) is 25.7 Å². The van der Waals surface area contributed by atoms with Crippen LogP contribution < -0.4 is 5.32 Å². The van der Waals surface area contributed by atoms with Crippen LogP contribution in [0.15, 0.2) is 30.5 Å². The molecule has 134 valence electrons. The molecule has 25 heavy (non-hydrogen) atoms. The van der Waals surface area contributed by atoms with Crippen LogP contribution in [0.4, 0.5) is 0 Å². The number of carbonyl (C=O) groups is 1. The van der Waals surface area contributed by atoms with Gasteiger partial charge in [0.15, 0.2) is 0 Å². The number of ether oxygens (including phenoxy) is 1. The van der Waals surface area contributed by atoms with Crippen LogP contribution >= 0.6 is 0 Å². The molecule has 0 unspecified atom stereocenters. The quantitative estimate of drug-likeness (QED) is 0.900. The van der Waals surface area contributed by atoms with Crippen molar-refractivity contribution in [3.8, 4) is 0 Å². The highest BCUT2D eigenvalue weighted by atomic mass is 16.5. The van der Waals surface area contributed by atoms with E-state index < -0.39 is 0 Å². The molecule has 2 saturated heterocycles. The summed E-state index contributed by atoms with van der Waals surface area (Å²) in [5.41, 5.74) is 1.00. The zero-order valence-corrected chi connectivity index (χ0v) is 14.6. The first-order chi connectivity index (χ1) is 12.3. The molecule has 3 heterocycles. The van der Waals surface area contributed by atoms with Gasteiger partial charge in [-0.05, 0) is 31.7 Å². The Hall–Kier alpha value is -1.92. The first kappa shape index (κ1) is 16.5. The van der Waals surface area contributed by atoms with Gasteiger partial charge in [-0.25, -0.2) is 0 Å². The maximum atomic E-state index is 12.4. The molecule has 0 spiro atoms. The van der Waals surface area contributed by atoms with Crippen molar-refractivity contribution in [2.75, 3.05) is 26.2 Å². The average molecular weight is 342 g/mol. The lowest BCUT2D eigenvalue weighted by molar-refractivity contribution is -0.122. The number of benzene rings is 1. The number of nitrogens with one attached hydrogen (secondary N) is 1. The van der Waals surface area contributed by atoms with Crippen LogP contribution in [-0.4, -0.2) is 59.0 Å². The van der Waals surface area contributed by atoms with E-state index in [4.69, 9.17) is 4.74 Å². The van der Waals surface area contributed by atoms with E-state index in [1.165, 1.54) is 12.8 Å². The van der Waals surface area contributed by atoms with E-state index in [0.29, 0.717) is 6.10 Å². The monoisotopic (exact) mass is 342 g/mol. The summed E-state index contributed by atoms with van der Waals surface area (Å²) in [4.78, 5) is 14.8. The summed E-state index contributed by atoms with van der Waals surface area (Å²) in [5.74, 6) is 0.0476. The molecule has 2 aromatic rings. The normalized spacial score (nSPS) is 22.5. The largest absolute Gasteiger partial charge is 0.377 e. The molecular weight excluding hydrogens is 316 g/mol. The van der Waals surface area contributed by atoms with Gasteiger partial charge in [-0.15, -0.1) is 0 Å². The van der Waals surface area contributed by atoms with E-state index in [9.17, 15) is 4.79 Å². The van der Waals surface area contributed by atoms with Crippen LogP contribution in [0.3, 0.4) is 0 Å². The SMILES string of the molecule is O=C(Cn1ncc2ccccc21)NC1CCN(C[C@@H]2CCCO2)CC1. The summed E-state index contributed by atoms with van der Waals surface area (Å²) < 4.78 is 7.49. The van der Waals surface area contributed by atoms with E-state index >= 15 is 0 Å². The van der Waals surface area contributed by atoms with Crippen molar-refractivity contribution in [3.05, 3.63) is 30.5 Å². The lowest BCUT2D eigenvalue weighted by Crippen LogP contribution is -2.47. The van der Waals surface area contributed by atoms with Crippen molar-refractivity contribution in [2.24, 2.45) is 0 Å². The van der Waals surface area contributed by atoms with Gasteiger partial charge in [-0.1, -0.05) is 18.2 Å². The van der Waals surface area contributed by atoms with Crippen molar-refractivity contribution < 1.29 is 9.53 Å². The number of hydrogen-bond acceptors (Lipinski definition) is 4. The molecule has 0 radical (unpaired) electrons. The van der Waals surface area contributed by atoms with Gasteiger partial charge in [0.1, 0.15) is 6.54 Å². The van der Waals surface area contributed by atoms with Gasteiger partial charge < -0.3 is 15.0 Å². The Morgan fingerprint density at radius 1 is 1.24 bits per heavy atom. The molecule has 6 nitrogen and oxygen atoms in total. The van der Waals surface area contributed by atoms with E-state index in [2.05, 4.69) is 15.3 Å². The number of hydrogen-bond donors (Lipinski definition) is 1. The number of nitrogens with zero attached hydrogens (tertiary/aromatic N) is 3. The zero-order valence-electron chi connectivity index (χ0n) is 14.6. The third kappa shape index (κ3) is 4.02. The summed E-state index contributed by atoms with van der Waals surface area (Å²) in [5, 5.41) is 8.58. The van der Waals surface area contributed by atoms with Gasteiger partial charge in [-0.3, -0.25) is 9.48 Å². The van der Waals surface area contributed by atoms with Crippen LogP contribution in [0, 0.1) is 0 Å². The molecule has 0 saturated carbocycles. The highest BCUT2D eigenvalue weighted by Gasteiger charge is 2.24. The number of amides is 1. The van der Waals surface area contributed by atoms with E-state index in [1.807, 2.05) is 30.5 Å². The highest BCUT2D eigenvalue weighted by molar-refractivity contribution is 5.82. The number of fused-ring (bicyclic) bond motifs is 1. The minimum Gasteiger partial charge on any atom is -0.377 e. The second kappa shape index (κ2) is 7.54. The number of rotatable bonds is 5. The Balaban J connectivity index is 1.25. The minimum absolute atomic E-state index is 0.0476. The van der Waals surface area contributed by atoms with Gasteiger partial charge in [0.05, 0.1) is 17.8 Å². The Labute approximate surface area is 148 Å². The molecule has 1 aromatic heterocycles. The predicted octanol–water partition coefficient (Wildman–Crippen LogP) is 1.80. The molecule has 2 aliphatic rings. The van der Waals surface area contributed by atoms with Crippen LogP contribution in [0.2, 0.25) is 0 Å². The maximum Gasteiger partial charge on any atom is 0.241 e. The third-order valence-corrected chi connectivity index (χ3v) is 5.28. The Kier molecular flexibility index (Phi) is 4.99. The van der Waals surface area contributed by atoms with Crippen molar-refractivity contribution in [2.45, 2.75) is 44.4 Å². The van der Waals surface area contributed by atoms with Gasteiger partial charge in [0, 0.05) is 37.7 Å². The molecule has 0 bridgehead atoms. The van der Waals surface area contributed by atoms with Crippen molar-refractivity contribution in [1.29, 1.82) is 0 Å². The summed E-state index contributed by atoms with van der Waals surface area (Å²) in [6.45, 7) is 4.31. The minimum atomic E-state index is 0.0476. The Morgan fingerprint density at radius 3 is 2.88 bits per heavy atom. The number of likely N-dealkylation sites (tertiary alicyclic amines) is 1. The summed E-state index contributed by atoms with van der Waals surface area (Å²) in [6, 6.07) is 8.25. The fourth-order valence-electron chi connectivity index (χ4n) is 3.90. The number of carbonyl (C=O) groups excluding carboxylic acids is 1. The van der Waals surface area contributed by atoms with Gasteiger partial charge in [-0.2, -0.15) is 5.10 Å². The Bertz CT molecular complexity index is 715. The molecule has 1 atom stereocenters. The van der Waals surface area contributed by atoms with Crippen molar-refractivity contribution in [3.63, 3.8) is 0 Å². The summed E-state index contributed by atoms with van der Waals surface area (Å²) in [6.07, 6.45) is 6.63. The Morgan fingerprint density at radius 2 is 2.08 bits per heavy atom. The van der Waals surface area contributed by atoms with Crippen LogP contribution in [-0.2, 0) is 16.1 Å². The zero-order chi connectivity index (χ0) is 17.1. The molecule has 1 N–H and O–H groups in total. The number of aromatic nitrogens is 2. The van der Waals surface area contributed by atoms with Crippen LogP contribution in [0.5, 0.6) is 0 Å². The molecular formula is C19H26N4O2. The van der Waals surface area contributed by atoms with E-state index in [1.54, 1.807) is 4.68 Å². The molecule has 2 fully saturated rings. The van der Waals surface area contributed by atoms with Gasteiger partial charge >= 0.3 is 0 Å². The number of piperidine rings is 1. The molecule has 1 aromatic carbocycles. The summed E-state index contributed by atoms with van der Waals surface area (Å²) in [7, 11) is 0. The first-order valence-corrected chi connectivity index (χ1v) is 9.32. The van der Waals surface area contributed by atoms with Crippen molar-refractivity contribution >= 4 is 16.8 Å². The highest BCUT2D eigenvalue weighted by Crippen LogP contribution is 2.17. The summed E-state index contributed by atoms with van der Waals surface area (Å²) >= 11 is 0. The molecule has 4 rings (SSSR count). The smallest absolute Gasteiger partial charge is 0.241 e. The maximum absolute atomic E-state index is 12.4. The molecule has 6 heteroatoms. The van der Waals surface area contributed by atoms with E-state index in [-0.39, 0.29) is 18.5 Å². The second-order valence-electron chi connectivity index (χ2n) is 7.14. The lowest BCUT2D eigenvalue weighted by atomic mass is 10.0. The van der Waals surface area contributed by atoms with Gasteiger partial charge in [0.25, 0.3) is 0 Å². The number of para-hydroxylation sites is 1. The fourth-order valence-corrected chi connectivity index (χ4v) is 3.90. The van der Waals surface area contributed by atoms with Crippen molar-refractivity contribution in [1.82, 2.24) is 20.0 Å². The standard InChI is InChI=1S/C19H26N4O2/c24-19(14-23-18-6-2-1-4-15(18)12-20-23)21-16-7-9-22(10-8-16)13-17-5-3-11-25-17/h1-2,4,6,12,16-17H,3,5,7-11,13-14H2,(H,21,24)/t17-/m0/s1. The second-order valence-corrected chi connectivity index (χ2v) is 7.14. The average Bonchev–Trinajstić information content (AvgIpc) is 3.27. The lowest BCUT2D eigenvalue weighted by Gasteiger charge is -2.33. The molecule has 0 aliphatic carbocycles.